The Balaban J connectivity index is 1.96. The Kier molecular flexibility index (Phi) is 5.95. The molecule has 0 spiro atoms. The maximum absolute atomic E-state index is 11.8. The largest absolute Gasteiger partial charge is 0.456 e. The normalized spacial score (nSPS) is 31.5. The highest BCUT2D eigenvalue weighted by molar-refractivity contribution is 5.69. The van der Waals surface area contributed by atoms with Crippen molar-refractivity contribution in [3.8, 4) is 0 Å². The second kappa shape index (κ2) is 7.51. The summed E-state index contributed by atoms with van der Waals surface area (Å²) in [5, 5.41) is 19.5. The van der Waals surface area contributed by atoms with Gasteiger partial charge in [-0.25, -0.2) is 0 Å². The van der Waals surface area contributed by atoms with Crippen molar-refractivity contribution in [1.82, 2.24) is 0 Å². The molecule has 7 nitrogen and oxygen atoms in total. The molecule has 2 rings (SSSR count). The summed E-state index contributed by atoms with van der Waals surface area (Å²) in [6.45, 7) is 2.30. The summed E-state index contributed by atoms with van der Waals surface area (Å²) in [5.74, 6) is -1.74. The minimum absolute atomic E-state index is 0.0199. The van der Waals surface area contributed by atoms with Crippen molar-refractivity contribution in [1.29, 1.82) is 0 Å². The first kappa shape index (κ1) is 16.6. The third-order valence-corrected chi connectivity index (χ3v) is 3.81. The maximum Gasteiger partial charge on any atom is 0.306 e. The van der Waals surface area contributed by atoms with Gasteiger partial charge in [-0.05, 0) is 6.42 Å². The van der Waals surface area contributed by atoms with Gasteiger partial charge in [0.05, 0.1) is 19.8 Å². The van der Waals surface area contributed by atoms with Crippen LogP contribution < -0.4 is 0 Å². The van der Waals surface area contributed by atoms with Crippen molar-refractivity contribution in [2.75, 3.05) is 26.4 Å². The molecule has 7 heteroatoms. The number of esters is 1. The molecular formula is C14H24O7. The van der Waals surface area contributed by atoms with E-state index in [2.05, 4.69) is 6.92 Å². The topological polar surface area (TPSA) is 94.5 Å². The lowest BCUT2D eigenvalue weighted by Gasteiger charge is -2.33. The van der Waals surface area contributed by atoms with Crippen molar-refractivity contribution in [3.05, 3.63) is 0 Å². The van der Waals surface area contributed by atoms with Crippen LogP contribution in [0.25, 0.3) is 0 Å². The molecule has 0 aromatic heterocycles. The average molecular weight is 304 g/mol. The van der Waals surface area contributed by atoms with Crippen LogP contribution in [-0.2, 0) is 23.7 Å². The summed E-state index contributed by atoms with van der Waals surface area (Å²) in [5.41, 5.74) is 0. The van der Waals surface area contributed by atoms with E-state index in [0.717, 1.165) is 19.3 Å². The smallest absolute Gasteiger partial charge is 0.306 e. The van der Waals surface area contributed by atoms with Crippen LogP contribution in [0.1, 0.15) is 32.6 Å². The molecule has 0 unspecified atom stereocenters. The molecule has 2 saturated heterocycles. The molecular weight excluding hydrogens is 280 g/mol. The monoisotopic (exact) mass is 304 g/mol. The minimum atomic E-state index is -1.36. The first-order valence-electron chi connectivity index (χ1n) is 7.51. The zero-order valence-electron chi connectivity index (χ0n) is 12.3. The molecule has 2 aliphatic heterocycles. The van der Waals surface area contributed by atoms with Gasteiger partial charge in [0.1, 0.15) is 12.7 Å². The van der Waals surface area contributed by atoms with E-state index >= 15 is 0 Å². The van der Waals surface area contributed by atoms with Crippen LogP contribution in [0.4, 0.5) is 0 Å². The molecule has 21 heavy (non-hydrogen) atoms. The molecule has 0 saturated carbocycles. The van der Waals surface area contributed by atoms with Gasteiger partial charge in [0.2, 0.25) is 5.79 Å². The molecule has 2 N–H and O–H groups in total. The Morgan fingerprint density at radius 1 is 1.33 bits per heavy atom. The van der Waals surface area contributed by atoms with E-state index in [4.69, 9.17) is 18.9 Å². The Morgan fingerprint density at radius 2 is 2.05 bits per heavy atom. The van der Waals surface area contributed by atoms with Crippen molar-refractivity contribution in [2.24, 2.45) is 0 Å². The first-order valence-corrected chi connectivity index (χ1v) is 7.51. The molecule has 0 aromatic carbocycles. The number of unbranched alkanes of at least 4 members (excludes halogenated alkanes) is 2. The predicted molar refractivity (Wildman–Crippen MR) is 71.5 cm³/mol. The number of aliphatic hydroxyl groups excluding tert-OH is 2. The lowest BCUT2D eigenvalue weighted by Crippen LogP contribution is -2.54. The quantitative estimate of drug-likeness (QED) is 0.504. The maximum atomic E-state index is 11.8. The standard InChI is InChI=1S/C14H24O7/c1-2-3-4-5-11(17)21-12-10(16)8-18-13(12)14(9-15)19-6-7-20-14/h10,12-13,15-16H,2-9H2,1H3/t10-,12+,13-/m0/s1. The molecule has 2 heterocycles. The van der Waals surface area contributed by atoms with Crippen molar-refractivity contribution in [2.45, 2.75) is 56.7 Å². The summed E-state index contributed by atoms with van der Waals surface area (Å²) in [6, 6.07) is 0. The van der Waals surface area contributed by atoms with Crippen molar-refractivity contribution < 1.29 is 34.0 Å². The fourth-order valence-corrected chi connectivity index (χ4v) is 2.66. The Bertz CT molecular complexity index is 340. The molecule has 0 aromatic rings. The van der Waals surface area contributed by atoms with E-state index in [-0.39, 0.29) is 12.6 Å². The second-order valence-corrected chi connectivity index (χ2v) is 5.40. The number of rotatable bonds is 7. The first-order chi connectivity index (χ1) is 10.1. The summed E-state index contributed by atoms with van der Waals surface area (Å²) in [7, 11) is 0. The van der Waals surface area contributed by atoms with Crippen LogP contribution in [0.5, 0.6) is 0 Å². The third kappa shape index (κ3) is 3.73. The van der Waals surface area contributed by atoms with Gasteiger partial charge in [0.15, 0.2) is 12.2 Å². The van der Waals surface area contributed by atoms with E-state index in [1.54, 1.807) is 0 Å². The molecule has 3 atom stereocenters. The van der Waals surface area contributed by atoms with Gasteiger partial charge in [0, 0.05) is 6.42 Å². The molecule has 2 fully saturated rings. The average Bonchev–Trinajstić information content (AvgIpc) is 3.08. The molecule has 0 amide bonds. The van der Waals surface area contributed by atoms with Crippen LogP contribution in [0, 0.1) is 0 Å². The highest BCUT2D eigenvalue weighted by atomic mass is 16.8. The van der Waals surface area contributed by atoms with Crippen LogP contribution >= 0.6 is 0 Å². The van der Waals surface area contributed by atoms with Gasteiger partial charge in [-0.3, -0.25) is 4.79 Å². The summed E-state index contributed by atoms with van der Waals surface area (Å²) in [4.78, 5) is 11.8. The van der Waals surface area contributed by atoms with Crippen molar-refractivity contribution in [3.63, 3.8) is 0 Å². The van der Waals surface area contributed by atoms with E-state index in [1.807, 2.05) is 0 Å². The van der Waals surface area contributed by atoms with Crippen LogP contribution in [0.2, 0.25) is 0 Å². The fraction of sp³-hybridized carbons (Fsp3) is 0.929. The van der Waals surface area contributed by atoms with E-state index in [9.17, 15) is 15.0 Å². The molecule has 0 bridgehead atoms. The molecule has 0 aliphatic carbocycles. The van der Waals surface area contributed by atoms with Gasteiger partial charge in [-0.1, -0.05) is 19.8 Å². The zero-order valence-corrected chi connectivity index (χ0v) is 12.3. The summed E-state index contributed by atoms with van der Waals surface area (Å²) >= 11 is 0. The SMILES string of the molecule is CCCCCC(=O)O[C@@H]1[C@@H](O)CO[C@@H]1C1(CO)OCCO1. The third-order valence-electron chi connectivity index (χ3n) is 3.81. The molecule has 2 aliphatic rings. The summed E-state index contributed by atoms with van der Waals surface area (Å²) in [6.07, 6.45) is 0.371. The van der Waals surface area contributed by atoms with E-state index < -0.39 is 30.7 Å². The van der Waals surface area contributed by atoms with E-state index in [1.165, 1.54) is 0 Å². The highest BCUT2D eigenvalue weighted by Gasteiger charge is 2.55. The zero-order chi connectivity index (χ0) is 15.3. The molecule has 122 valence electrons. The van der Waals surface area contributed by atoms with Gasteiger partial charge < -0.3 is 29.2 Å². The van der Waals surface area contributed by atoms with E-state index in [0.29, 0.717) is 19.6 Å². The van der Waals surface area contributed by atoms with Crippen molar-refractivity contribution >= 4 is 5.97 Å². The second-order valence-electron chi connectivity index (χ2n) is 5.40. The number of carbonyl (C=O) groups is 1. The summed E-state index contributed by atoms with van der Waals surface area (Å²) < 4.78 is 21.6. The Hall–Kier alpha value is -0.730. The molecule has 0 radical (unpaired) electrons. The van der Waals surface area contributed by atoms with Gasteiger partial charge in [-0.2, -0.15) is 0 Å². The lowest BCUT2D eigenvalue weighted by atomic mass is 10.0. The number of carbonyl (C=O) groups excluding carboxylic acids is 1. The lowest BCUT2D eigenvalue weighted by molar-refractivity contribution is -0.257. The number of aliphatic hydroxyl groups is 2. The van der Waals surface area contributed by atoms with Crippen LogP contribution in [0.3, 0.4) is 0 Å². The predicted octanol–water partition coefficient (Wildman–Crippen LogP) is -0.0264. The van der Waals surface area contributed by atoms with Gasteiger partial charge in [-0.15, -0.1) is 0 Å². The number of hydrogen-bond donors (Lipinski definition) is 2. The van der Waals surface area contributed by atoms with Crippen LogP contribution in [-0.4, -0.2) is 66.7 Å². The Morgan fingerprint density at radius 3 is 2.67 bits per heavy atom. The Labute approximate surface area is 124 Å². The van der Waals surface area contributed by atoms with Crippen LogP contribution in [0.15, 0.2) is 0 Å². The highest BCUT2D eigenvalue weighted by Crippen LogP contribution is 2.33. The van der Waals surface area contributed by atoms with Gasteiger partial charge >= 0.3 is 5.97 Å². The number of ether oxygens (including phenoxy) is 4. The fourth-order valence-electron chi connectivity index (χ4n) is 2.66. The van der Waals surface area contributed by atoms with Gasteiger partial charge in [0.25, 0.3) is 0 Å². The minimum Gasteiger partial charge on any atom is -0.456 e. The number of hydrogen-bond acceptors (Lipinski definition) is 7.